The van der Waals surface area contributed by atoms with Gasteiger partial charge < -0.3 is 21.1 Å². The van der Waals surface area contributed by atoms with Crippen molar-refractivity contribution in [3.05, 3.63) is 75.7 Å². The predicted octanol–water partition coefficient (Wildman–Crippen LogP) is 4.96. The second-order valence-corrected chi connectivity index (χ2v) is 9.02. The number of likely N-dealkylation sites (tertiary alicyclic amines) is 1. The fourth-order valence-electron chi connectivity index (χ4n) is 3.88. The molecule has 6 nitrogen and oxygen atoms in total. The standard InChI is InChI=1S/C25H25Cl2FN4O2/c26-20-5-6-21(28)23(27)19(20)9-12-34-22-13-17(14-31-24(22)30)15-1-3-16(4-2-15)25(33)32-10-7-18(29)8-11-32/h1-6,13-14,18H,7-12,29H2,(H2,30,31). The molecule has 1 aromatic heterocycles. The van der Waals surface area contributed by atoms with Crippen molar-refractivity contribution in [2.24, 2.45) is 5.73 Å². The third kappa shape index (κ3) is 5.43. The molecule has 178 valence electrons. The molecule has 1 saturated heterocycles. The van der Waals surface area contributed by atoms with Crippen LogP contribution in [0.4, 0.5) is 10.2 Å². The molecule has 0 atom stereocenters. The number of hydrogen-bond donors (Lipinski definition) is 2. The number of carbonyl (C=O) groups excluding carboxylic acids is 1. The molecule has 1 fully saturated rings. The van der Waals surface area contributed by atoms with Crippen LogP contribution in [0.3, 0.4) is 0 Å². The number of amides is 1. The average Bonchev–Trinajstić information content (AvgIpc) is 2.85. The van der Waals surface area contributed by atoms with Crippen LogP contribution in [0.2, 0.25) is 10.0 Å². The van der Waals surface area contributed by atoms with E-state index in [0.29, 0.717) is 41.4 Å². The summed E-state index contributed by atoms with van der Waals surface area (Å²) in [6.45, 7) is 1.54. The van der Waals surface area contributed by atoms with Crippen LogP contribution in [0.15, 0.2) is 48.7 Å². The number of benzene rings is 2. The monoisotopic (exact) mass is 502 g/mol. The Labute approximate surface area is 207 Å². The predicted molar refractivity (Wildman–Crippen MR) is 133 cm³/mol. The first-order valence-electron chi connectivity index (χ1n) is 11.0. The number of pyridine rings is 1. The molecule has 0 saturated carbocycles. The van der Waals surface area contributed by atoms with E-state index in [1.54, 1.807) is 24.4 Å². The highest BCUT2D eigenvalue weighted by molar-refractivity contribution is 6.36. The fourth-order valence-corrected chi connectivity index (χ4v) is 4.44. The lowest BCUT2D eigenvalue weighted by atomic mass is 10.0. The SMILES string of the molecule is Nc1ncc(-c2ccc(C(=O)N3CCC(N)CC3)cc2)cc1OCCc1c(Cl)ccc(F)c1Cl. The van der Waals surface area contributed by atoms with Gasteiger partial charge >= 0.3 is 0 Å². The number of hydrogen-bond acceptors (Lipinski definition) is 5. The molecule has 1 aliphatic heterocycles. The van der Waals surface area contributed by atoms with Crippen LogP contribution in [0.25, 0.3) is 11.1 Å². The second-order valence-electron chi connectivity index (χ2n) is 8.23. The Hall–Kier alpha value is -2.87. The molecule has 1 amide bonds. The van der Waals surface area contributed by atoms with Gasteiger partial charge in [0.15, 0.2) is 11.6 Å². The lowest BCUT2D eigenvalue weighted by Crippen LogP contribution is -2.42. The van der Waals surface area contributed by atoms with Crippen molar-refractivity contribution in [2.75, 3.05) is 25.4 Å². The largest absolute Gasteiger partial charge is 0.489 e. The van der Waals surface area contributed by atoms with Gasteiger partial charge in [0.2, 0.25) is 0 Å². The van der Waals surface area contributed by atoms with E-state index in [2.05, 4.69) is 4.98 Å². The van der Waals surface area contributed by atoms with E-state index in [4.69, 9.17) is 39.4 Å². The maximum absolute atomic E-state index is 13.7. The van der Waals surface area contributed by atoms with Gasteiger partial charge in [-0.25, -0.2) is 9.37 Å². The molecular weight excluding hydrogens is 478 g/mol. The summed E-state index contributed by atoms with van der Waals surface area (Å²) >= 11 is 12.2. The molecule has 0 spiro atoms. The minimum Gasteiger partial charge on any atom is -0.489 e. The fraction of sp³-hybridized carbons (Fsp3) is 0.280. The molecule has 2 heterocycles. The number of nitrogen functional groups attached to an aromatic ring is 1. The quantitative estimate of drug-likeness (QED) is 0.464. The number of halogens is 3. The number of carbonyl (C=O) groups is 1. The van der Waals surface area contributed by atoms with Crippen molar-refractivity contribution in [3.8, 4) is 16.9 Å². The molecule has 0 bridgehead atoms. The van der Waals surface area contributed by atoms with Gasteiger partial charge in [0.25, 0.3) is 5.91 Å². The minimum atomic E-state index is -0.532. The van der Waals surface area contributed by atoms with Gasteiger partial charge in [-0.2, -0.15) is 0 Å². The van der Waals surface area contributed by atoms with Crippen molar-refractivity contribution >= 4 is 34.9 Å². The molecule has 0 aliphatic carbocycles. The van der Waals surface area contributed by atoms with Crippen LogP contribution in [0.5, 0.6) is 5.75 Å². The zero-order valence-corrected chi connectivity index (χ0v) is 20.0. The summed E-state index contributed by atoms with van der Waals surface area (Å²) in [6, 6.07) is 12.0. The Morgan fingerprint density at radius 1 is 1.12 bits per heavy atom. The summed E-state index contributed by atoms with van der Waals surface area (Å²) < 4.78 is 19.5. The third-order valence-electron chi connectivity index (χ3n) is 5.92. The van der Waals surface area contributed by atoms with E-state index in [9.17, 15) is 9.18 Å². The zero-order chi connectivity index (χ0) is 24.2. The van der Waals surface area contributed by atoms with Crippen LogP contribution >= 0.6 is 23.2 Å². The smallest absolute Gasteiger partial charge is 0.253 e. The average molecular weight is 503 g/mol. The second kappa shape index (κ2) is 10.6. The van der Waals surface area contributed by atoms with Crippen molar-refractivity contribution in [3.63, 3.8) is 0 Å². The van der Waals surface area contributed by atoms with Crippen molar-refractivity contribution < 1.29 is 13.9 Å². The first kappa shape index (κ1) is 24.3. The van der Waals surface area contributed by atoms with Gasteiger partial charge in [-0.15, -0.1) is 0 Å². The number of nitrogens with zero attached hydrogens (tertiary/aromatic N) is 2. The summed E-state index contributed by atoms with van der Waals surface area (Å²) in [5, 5.41) is 0.356. The van der Waals surface area contributed by atoms with E-state index in [1.807, 2.05) is 17.0 Å². The van der Waals surface area contributed by atoms with Gasteiger partial charge in [-0.3, -0.25) is 4.79 Å². The summed E-state index contributed by atoms with van der Waals surface area (Å²) in [6.07, 6.45) is 3.59. The van der Waals surface area contributed by atoms with Crippen LogP contribution < -0.4 is 16.2 Å². The Bertz CT molecular complexity index is 1180. The molecule has 4 rings (SSSR count). The molecule has 2 aromatic carbocycles. The van der Waals surface area contributed by atoms with Crippen molar-refractivity contribution in [1.29, 1.82) is 0 Å². The van der Waals surface area contributed by atoms with Crippen LogP contribution in [-0.2, 0) is 6.42 Å². The number of anilines is 1. The molecular formula is C25H25Cl2FN4O2. The van der Waals surface area contributed by atoms with E-state index < -0.39 is 5.82 Å². The summed E-state index contributed by atoms with van der Waals surface area (Å²) in [7, 11) is 0. The van der Waals surface area contributed by atoms with E-state index >= 15 is 0 Å². The van der Waals surface area contributed by atoms with Gasteiger partial charge in [0.1, 0.15) is 5.82 Å². The number of nitrogens with two attached hydrogens (primary N) is 2. The van der Waals surface area contributed by atoms with E-state index in [0.717, 1.165) is 24.0 Å². The number of rotatable bonds is 6. The van der Waals surface area contributed by atoms with E-state index in [-0.39, 0.29) is 29.4 Å². The minimum absolute atomic E-state index is 0.00701. The van der Waals surface area contributed by atoms with Crippen LogP contribution in [-0.4, -0.2) is 41.5 Å². The van der Waals surface area contributed by atoms with Gasteiger partial charge in [0, 0.05) is 47.9 Å². The Morgan fingerprint density at radius 2 is 1.82 bits per heavy atom. The van der Waals surface area contributed by atoms with Crippen LogP contribution in [0.1, 0.15) is 28.8 Å². The Morgan fingerprint density at radius 3 is 2.53 bits per heavy atom. The molecule has 1 aliphatic rings. The Balaban J connectivity index is 1.43. The van der Waals surface area contributed by atoms with Crippen molar-refractivity contribution in [1.82, 2.24) is 9.88 Å². The number of aromatic nitrogens is 1. The van der Waals surface area contributed by atoms with Gasteiger partial charge in [0.05, 0.1) is 11.6 Å². The molecule has 0 unspecified atom stereocenters. The molecule has 9 heteroatoms. The molecule has 0 radical (unpaired) electrons. The first-order chi connectivity index (χ1) is 16.3. The third-order valence-corrected chi connectivity index (χ3v) is 6.69. The number of piperidine rings is 1. The number of ether oxygens (including phenoxy) is 1. The van der Waals surface area contributed by atoms with Crippen molar-refractivity contribution in [2.45, 2.75) is 25.3 Å². The zero-order valence-electron chi connectivity index (χ0n) is 18.4. The van der Waals surface area contributed by atoms with Crippen LogP contribution in [0, 0.1) is 5.82 Å². The Kier molecular flexibility index (Phi) is 7.56. The summed E-state index contributed by atoms with van der Waals surface area (Å²) in [5.74, 6) is 0.101. The van der Waals surface area contributed by atoms with Gasteiger partial charge in [-0.1, -0.05) is 35.3 Å². The lowest BCUT2D eigenvalue weighted by Gasteiger charge is -2.30. The molecule has 3 aromatic rings. The maximum atomic E-state index is 13.7. The molecule has 34 heavy (non-hydrogen) atoms. The topological polar surface area (TPSA) is 94.5 Å². The summed E-state index contributed by atoms with van der Waals surface area (Å²) in [5.41, 5.74) is 14.7. The lowest BCUT2D eigenvalue weighted by molar-refractivity contribution is 0.0715. The highest BCUT2D eigenvalue weighted by Crippen LogP contribution is 2.30. The maximum Gasteiger partial charge on any atom is 0.253 e. The van der Waals surface area contributed by atoms with E-state index in [1.165, 1.54) is 12.1 Å². The highest BCUT2D eigenvalue weighted by Gasteiger charge is 2.21. The normalized spacial score (nSPS) is 14.3. The first-order valence-corrected chi connectivity index (χ1v) is 11.7. The van der Waals surface area contributed by atoms with Gasteiger partial charge in [-0.05, 0) is 54.3 Å². The highest BCUT2D eigenvalue weighted by atomic mass is 35.5. The summed E-state index contributed by atoms with van der Waals surface area (Å²) in [4.78, 5) is 18.8. The molecule has 4 N–H and O–H groups in total.